The van der Waals surface area contributed by atoms with Crippen LogP contribution in [0.25, 0.3) is 0 Å². The van der Waals surface area contributed by atoms with Gasteiger partial charge >= 0.3 is 17.9 Å². The number of carbonyl (C=O) groups is 3. The van der Waals surface area contributed by atoms with E-state index >= 15 is 0 Å². The van der Waals surface area contributed by atoms with Gasteiger partial charge in [0.25, 0.3) is 0 Å². The minimum atomic E-state index is -0.811. The number of hydrogen-bond acceptors (Lipinski definition) is 6. The van der Waals surface area contributed by atoms with Crippen LogP contribution in [-0.2, 0) is 28.6 Å². The average molecular weight is 805 g/mol. The molecule has 0 saturated carbocycles. The molecule has 6 heteroatoms. The standard InChI is InChI=1S/C52H84O6/c1-4-7-10-13-16-19-21-23-25-27-28-30-33-36-39-42-45-51(54)57-48-49(47-56-50(53)44-41-38-35-32-18-15-12-9-6-3)58-52(55)46-43-40-37-34-31-29-26-24-22-20-17-14-11-8-5-2/h7-8,10-11,14,16-17,19-20,22-23,25,28,30,36,39,49H,4-6,9,12-13,15,18,21,24,26-27,29,31-35,37-38,40-48H2,1-3H3/b10-7-,11-8-,17-14-,19-16-,22-20-,25-23-,30-28-,39-36-. The summed E-state index contributed by atoms with van der Waals surface area (Å²) in [6.45, 7) is 6.27. The first-order valence-corrected chi connectivity index (χ1v) is 23.3. The molecule has 0 N–H and O–H groups in total. The zero-order valence-electron chi connectivity index (χ0n) is 37.3. The Morgan fingerprint density at radius 1 is 0.379 bits per heavy atom. The van der Waals surface area contributed by atoms with Crippen molar-refractivity contribution in [2.24, 2.45) is 0 Å². The molecule has 0 aromatic rings. The Labute approximate surface area is 356 Å². The summed E-state index contributed by atoms with van der Waals surface area (Å²) in [6, 6.07) is 0. The smallest absolute Gasteiger partial charge is 0.306 e. The van der Waals surface area contributed by atoms with Crippen LogP contribution in [-0.4, -0.2) is 37.2 Å². The summed E-state index contributed by atoms with van der Waals surface area (Å²) >= 11 is 0. The normalized spacial score (nSPS) is 12.9. The molecule has 328 valence electrons. The zero-order valence-corrected chi connectivity index (χ0v) is 37.3. The number of esters is 3. The zero-order chi connectivity index (χ0) is 42.3. The van der Waals surface area contributed by atoms with E-state index in [1.165, 1.54) is 57.8 Å². The van der Waals surface area contributed by atoms with Crippen molar-refractivity contribution in [3.05, 3.63) is 97.2 Å². The van der Waals surface area contributed by atoms with Crippen molar-refractivity contribution in [1.82, 2.24) is 0 Å². The summed E-state index contributed by atoms with van der Waals surface area (Å²) in [6.07, 6.45) is 59.7. The van der Waals surface area contributed by atoms with E-state index in [1.807, 2.05) is 12.2 Å². The fourth-order valence-electron chi connectivity index (χ4n) is 5.96. The molecular weight excluding hydrogens is 721 g/mol. The van der Waals surface area contributed by atoms with Crippen molar-refractivity contribution < 1.29 is 28.6 Å². The summed E-state index contributed by atoms with van der Waals surface area (Å²) < 4.78 is 16.6. The predicted molar refractivity (Wildman–Crippen MR) is 247 cm³/mol. The maximum Gasteiger partial charge on any atom is 0.306 e. The summed E-state index contributed by atoms with van der Waals surface area (Å²) in [5.74, 6) is -1.02. The lowest BCUT2D eigenvalue weighted by molar-refractivity contribution is -0.166. The highest BCUT2D eigenvalue weighted by Crippen LogP contribution is 2.13. The highest BCUT2D eigenvalue weighted by Gasteiger charge is 2.19. The predicted octanol–water partition coefficient (Wildman–Crippen LogP) is 15.0. The molecule has 0 fully saturated rings. The van der Waals surface area contributed by atoms with Crippen LogP contribution >= 0.6 is 0 Å². The fourth-order valence-corrected chi connectivity index (χ4v) is 5.96. The molecule has 0 heterocycles. The molecule has 0 aromatic carbocycles. The molecule has 0 saturated heterocycles. The second-order valence-corrected chi connectivity index (χ2v) is 15.0. The molecule has 58 heavy (non-hydrogen) atoms. The Balaban J connectivity index is 4.50. The number of unbranched alkanes of at least 4 members (excludes halogenated alkanes) is 15. The van der Waals surface area contributed by atoms with Crippen LogP contribution in [0.3, 0.4) is 0 Å². The third kappa shape index (κ3) is 43.5. The molecule has 0 bridgehead atoms. The molecule has 1 atom stereocenters. The van der Waals surface area contributed by atoms with Crippen LogP contribution in [0.1, 0.15) is 194 Å². The topological polar surface area (TPSA) is 78.9 Å². The molecule has 1 unspecified atom stereocenters. The van der Waals surface area contributed by atoms with Crippen LogP contribution in [0.5, 0.6) is 0 Å². The minimum Gasteiger partial charge on any atom is -0.462 e. The molecule has 0 rings (SSSR count). The van der Waals surface area contributed by atoms with Gasteiger partial charge in [-0.3, -0.25) is 14.4 Å². The lowest BCUT2D eigenvalue weighted by Crippen LogP contribution is -2.30. The maximum atomic E-state index is 12.7. The van der Waals surface area contributed by atoms with E-state index in [0.29, 0.717) is 19.3 Å². The second kappa shape index (κ2) is 46.0. The van der Waals surface area contributed by atoms with E-state index in [4.69, 9.17) is 14.2 Å². The highest BCUT2D eigenvalue weighted by molar-refractivity contribution is 5.71. The van der Waals surface area contributed by atoms with Gasteiger partial charge in [0.05, 0.1) is 0 Å². The Bertz CT molecular complexity index is 1200. The highest BCUT2D eigenvalue weighted by atomic mass is 16.6. The number of hydrogen-bond donors (Lipinski definition) is 0. The third-order valence-electron chi connectivity index (χ3n) is 9.41. The SMILES string of the molecule is CC\C=C/C=C\C=C/CCCCCCCCCC(=O)OC(COC(=O)CC/C=C\C/C=C\C/C=C\C/C=C\C/C=C\CC)COC(=O)CCCCCCCCCCC. The largest absolute Gasteiger partial charge is 0.462 e. The van der Waals surface area contributed by atoms with Gasteiger partial charge in [-0.25, -0.2) is 0 Å². The van der Waals surface area contributed by atoms with Crippen molar-refractivity contribution in [3.8, 4) is 0 Å². The fraction of sp³-hybridized carbons (Fsp3) is 0.635. The quantitative estimate of drug-likeness (QED) is 0.0202. The molecule has 0 aliphatic heterocycles. The van der Waals surface area contributed by atoms with Crippen molar-refractivity contribution in [3.63, 3.8) is 0 Å². The molecule has 0 aliphatic rings. The van der Waals surface area contributed by atoms with E-state index in [0.717, 1.165) is 89.9 Å². The van der Waals surface area contributed by atoms with Gasteiger partial charge in [0.1, 0.15) is 13.2 Å². The molecule has 0 aromatic heterocycles. The van der Waals surface area contributed by atoms with Crippen LogP contribution in [0.4, 0.5) is 0 Å². The summed E-state index contributed by atoms with van der Waals surface area (Å²) in [4.78, 5) is 37.7. The number of carbonyl (C=O) groups excluding carboxylic acids is 3. The number of allylic oxidation sites excluding steroid dienone is 16. The number of ether oxygens (including phenoxy) is 3. The summed E-state index contributed by atoms with van der Waals surface area (Å²) in [7, 11) is 0. The first-order valence-electron chi connectivity index (χ1n) is 23.3. The Morgan fingerprint density at radius 2 is 0.793 bits per heavy atom. The third-order valence-corrected chi connectivity index (χ3v) is 9.41. The second-order valence-electron chi connectivity index (χ2n) is 15.0. The molecule has 0 spiro atoms. The Kier molecular flexibility index (Phi) is 43.1. The van der Waals surface area contributed by atoms with Gasteiger partial charge in [0, 0.05) is 19.3 Å². The lowest BCUT2D eigenvalue weighted by Gasteiger charge is -2.18. The van der Waals surface area contributed by atoms with E-state index in [1.54, 1.807) is 0 Å². The van der Waals surface area contributed by atoms with E-state index in [-0.39, 0.29) is 37.5 Å². The van der Waals surface area contributed by atoms with E-state index < -0.39 is 6.10 Å². The van der Waals surface area contributed by atoms with Crippen LogP contribution < -0.4 is 0 Å². The van der Waals surface area contributed by atoms with Crippen LogP contribution in [0.2, 0.25) is 0 Å². The van der Waals surface area contributed by atoms with Gasteiger partial charge < -0.3 is 14.2 Å². The first-order chi connectivity index (χ1) is 28.5. The van der Waals surface area contributed by atoms with Crippen molar-refractivity contribution in [2.75, 3.05) is 13.2 Å². The van der Waals surface area contributed by atoms with Gasteiger partial charge in [-0.2, -0.15) is 0 Å². The summed E-state index contributed by atoms with van der Waals surface area (Å²) in [5, 5.41) is 0. The summed E-state index contributed by atoms with van der Waals surface area (Å²) in [5.41, 5.74) is 0. The molecule has 6 nitrogen and oxygen atoms in total. The van der Waals surface area contributed by atoms with Crippen molar-refractivity contribution in [1.29, 1.82) is 0 Å². The van der Waals surface area contributed by atoms with Crippen molar-refractivity contribution >= 4 is 17.9 Å². The Hall–Kier alpha value is -3.67. The van der Waals surface area contributed by atoms with Gasteiger partial charge in [-0.05, 0) is 70.6 Å². The minimum absolute atomic E-state index is 0.106. The van der Waals surface area contributed by atoms with Gasteiger partial charge in [0.2, 0.25) is 0 Å². The van der Waals surface area contributed by atoms with Crippen LogP contribution in [0, 0.1) is 0 Å². The first kappa shape index (κ1) is 54.3. The molecule has 0 radical (unpaired) electrons. The lowest BCUT2D eigenvalue weighted by atomic mass is 10.1. The monoisotopic (exact) mass is 805 g/mol. The Morgan fingerprint density at radius 3 is 1.31 bits per heavy atom. The average Bonchev–Trinajstić information content (AvgIpc) is 3.22. The van der Waals surface area contributed by atoms with Crippen LogP contribution in [0.15, 0.2) is 97.2 Å². The van der Waals surface area contributed by atoms with Gasteiger partial charge in [-0.1, -0.05) is 201 Å². The van der Waals surface area contributed by atoms with Gasteiger partial charge in [-0.15, -0.1) is 0 Å². The van der Waals surface area contributed by atoms with E-state index in [9.17, 15) is 14.4 Å². The van der Waals surface area contributed by atoms with E-state index in [2.05, 4.69) is 106 Å². The molecular formula is C52H84O6. The number of rotatable bonds is 40. The maximum absolute atomic E-state index is 12.7. The van der Waals surface area contributed by atoms with Crippen molar-refractivity contribution in [2.45, 2.75) is 200 Å². The molecule has 0 aliphatic carbocycles. The van der Waals surface area contributed by atoms with Gasteiger partial charge in [0.15, 0.2) is 6.10 Å². The molecule has 0 amide bonds.